The lowest BCUT2D eigenvalue weighted by Gasteiger charge is -2.47. The predicted octanol–water partition coefficient (Wildman–Crippen LogP) is 2.20. The van der Waals surface area contributed by atoms with Gasteiger partial charge < -0.3 is 0 Å². The zero-order valence-electron chi connectivity index (χ0n) is 10.7. The van der Waals surface area contributed by atoms with Crippen molar-refractivity contribution in [1.29, 1.82) is 0 Å². The van der Waals surface area contributed by atoms with Crippen LogP contribution in [0.15, 0.2) is 0 Å². The molecule has 1 atom stereocenters. The lowest BCUT2D eigenvalue weighted by atomic mass is 10.0. The van der Waals surface area contributed by atoms with Crippen LogP contribution in [0.3, 0.4) is 0 Å². The minimum absolute atomic E-state index is 0.322. The summed E-state index contributed by atoms with van der Waals surface area (Å²) in [5.41, 5.74) is 0.322. The van der Waals surface area contributed by atoms with Crippen molar-refractivity contribution in [2.24, 2.45) is 0 Å². The first-order valence-electron chi connectivity index (χ1n) is 5.83. The molecule has 2 heteroatoms. The lowest BCUT2D eigenvalue weighted by molar-refractivity contribution is 0.00712. The van der Waals surface area contributed by atoms with Crippen LogP contribution in [0.5, 0.6) is 0 Å². The molecule has 0 bridgehead atoms. The Morgan fingerprint density at radius 2 is 1.71 bits per heavy atom. The molecule has 0 aromatic heterocycles. The zero-order valence-corrected chi connectivity index (χ0v) is 10.7. The summed E-state index contributed by atoms with van der Waals surface area (Å²) >= 11 is 0. The maximum Gasteiger partial charge on any atom is 0.0200 e. The number of nitrogens with zero attached hydrogens (tertiary/aromatic N) is 2. The molecule has 1 rings (SSSR count). The van der Waals surface area contributed by atoms with Crippen molar-refractivity contribution in [2.45, 2.75) is 59.2 Å². The fourth-order valence-corrected chi connectivity index (χ4v) is 2.45. The fraction of sp³-hybridized carbons (Fsp3) is 1.00. The van der Waals surface area contributed by atoms with Crippen molar-refractivity contribution in [3.05, 3.63) is 0 Å². The van der Waals surface area contributed by atoms with E-state index < -0.39 is 0 Å². The molecule has 0 aromatic carbocycles. The monoisotopic (exact) mass is 198 g/mol. The Labute approximate surface area is 89.3 Å². The Hall–Kier alpha value is -0.0800. The van der Waals surface area contributed by atoms with Crippen LogP contribution >= 0.6 is 0 Å². The molecule has 0 saturated carbocycles. The van der Waals surface area contributed by atoms with Gasteiger partial charge in [-0.1, -0.05) is 0 Å². The molecule has 1 aliphatic heterocycles. The van der Waals surface area contributed by atoms with E-state index in [0.717, 1.165) is 0 Å². The molecule has 1 aliphatic rings. The summed E-state index contributed by atoms with van der Waals surface area (Å²) in [4.78, 5) is 5.19. The Morgan fingerprint density at radius 3 is 2.07 bits per heavy atom. The molecule has 1 heterocycles. The van der Waals surface area contributed by atoms with Gasteiger partial charge in [-0.3, -0.25) is 9.80 Å². The van der Waals surface area contributed by atoms with Crippen molar-refractivity contribution in [2.75, 3.05) is 19.6 Å². The van der Waals surface area contributed by atoms with Gasteiger partial charge in [-0.2, -0.15) is 0 Å². The van der Waals surface area contributed by atoms with Gasteiger partial charge in [0, 0.05) is 37.3 Å². The van der Waals surface area contributed by atoms with E-state index in [1.165, 1.54) is 19.6 Å². The third-order valence-corrected chi connectivity index (χ3v) is 3.25. The molecule has 0 radical (unpaired) electrons. The van der Waals surface area contributed by atoms with E-state index in [0.29, 0.717) is 17.6 Å². The van der Waals surface area contributed by atoms with Gasteiger partial charge >= 0.3 is 0 Å². The van der Waals surface area contributed by atoms with Crippen molar-refractivity contribution in [3.63, 3.8) is 0 Å². The van der Waals surface area contributed by atoms with Gasteiger partial charge in [0.15, 0.2) is 0 Å². The lowest BCUT2D eigenvalue weighted by Crippen LogP contribution is -2.59. The maximum absolute atomic E-state index is 2.62. The third-order valence-electron chi connectivity index (χ3n) is 3.25. The van der Waals surface area contributed by atoms with Gasteiger partial charge in [0.25, 0.3) is 0 Å². The number of hydrogen-bond donors (Lipinski definition) is 0. The van der Waals surface area contributed by atoms with Crippen LogP contribution in [0.1, 0.15) is 41.5 Å². The molecule has 84 valence electrons. The van der Waals surface area contributed by atoms with E-state index in [4.69, 9.17) is 0 Å². The average Bonchev–Trinajstić information content (AvgIpc) is 2.01. The Balaban J connectivity index is 2.56. The van der Waals surface area contributed by atoms with Crippen LogP contribution in [-0.2, 0) is 0 Å². The SMILES string of the molecule is CC(C)N1CCN(C(C)(C)C)C(C)C1. The first kappa shape index (κ1) is 12.0. The smallest absolute Gasteiger partial charge is 0.0200 e. The average molecular weight is 198 g/mol. The first-order valence-corrected chi connectivity index (χ1v) is 5.83. The summed E-state index contributed by atoms with van der Waals surface area (Å²) < 4.78 is 0. The summed E-state index contributed by atoms with van der Waals surface area (Å²) in [5, 5.41) is 0. The topological polar surface area (TPSA) is 6.48 Å². The molecule has 0 N–H and O–H groups in total. The van der Waals surface area contributed by atoms with Crippen LogP contribution in [-0.4, -0.2) is 47.1 Å². The maximum atomic E-state index is 2.62. The van der Waals surface area contributed by atoms with Crippen LogP contribution < -0.4 is 0 Å². The molecule has 0 spiro atoms. The molecular weight excluding hydrogens is 172 g/mol. The summed E-state index contributed by atoms with van der Waals surface area (Å²) in [7, 11) is 0. The Morgan fingerprint density at radius 1 is 1.14 bits per heavy atom. The van der Waals surface area contributed by atoms with Crippen LogP contribution in [0.25, 0.3) is 0 Å². The standard InChI is InChI=1S/C12H26N2/c1-10(2)13-7-8-14(11(3)9-13)12(4,5)6/h10-11H,7-9H2,1-6H3. The molecule has 0 aromatic rings. The second kappa shape index (κ2) is 4.19. The summed E-state index contributed by atoms with van der Waals surface area (Å²) in [6.07, 6.45) is 0. The fourth-order valence-electron chi connectivity index (χ4n) is 2.45. The van der Waals surface area contributed by atoms with Gasteiger partial charge in [0.1, 0.15) is 0 Å². The Bertz CT molecular complexity index is 181. The predicted molar refractivity (Wildman–Crippen MR) is 62.6 cm³/mol. The normalized spacial score (nSPS) is 27.2. The number of rotatable bonds is 1. The van der Waals surface area contributed by atoms with Gasteiger partial charge in [0.05, 0.1) is 0 Å². The zero-order chi connectivity index (χ0) is 10.9. The molecule has 0 aliphatic carbocycles. The molecule has 0 amide bonds. The van der Waals surface area contributed by atoms with Crippen LogP contribution in [0, 0.1) is 0 Å². The van der Waals surface area contributed by atoms with Gasteiger partial charge in [-0.15, -0.1) is 0 Å². The molecule has 1 unspecified atom stereocenters. The molecule has 2 nitrogen and oxygen atoms in total. The van der Waals surface area contributed by atoms with E-state index in [2.05, 4.69) is 51.3 Å². The van der Waals surface area contributed by atoms with Crippen molar-refractivity contribution in [3.8, 4) is 0 Å². The van der Waals surface area contributed by atoms with Gasteiger partial charge in [0.2, 0.25) is 0 Å². The van der Waals surface area contributed by atoms with Gasteiger partial charge in [-0.05, 0) is 41.5 Å². The highest BCUT2D eigenvalue weighted by Gasteiger charge is 2.31. The highest BCUT2D eigenvalue weighted by atomic mass is 15.3. The minimum atomic E-state index is 0.322. The van der Waals surface area contributed by atoms with Crippen LogP contribution in [0.2, 0.25) is 0 Å². The first-order chi connectivity index (χ1) is 6.32. The van der Waals surface area contributed by atoms with Crippen molar-refractivity contribution in [1.82, 2.24) is 9.80 Å². The van der Waals surface area contributed by atoms with E-state index in [-0.39, 0.29) is 0 Å². The second-order valence-electron chi connectivity index (χ2n) is 5.80. The summed E-state index contributed by atoms with van der Waals surface area (Å²) in [6, 6.07) is 1.38. The third kappa shape index (κ3) is 2.71. The summed E-state index contributed by atoms with van der Waals surface area (Å²) in [5.74, 6) is 0. The van der Waals surface area contributed by atoms with E-state index in [1.54, 1.807) is 0 Å². The number of hydrogen-bond acceptors (Lipinski definition) is 2. The quantitative estimate of drug-likeness (QED) is 0.637. The molecule has 14 heavy (non-hydrogen) atoms. The highest BCUT2D eigenvalue weighted by molar-refractivity contribution is 4.87. The highest BCUT2D eigenvalue weighted by Crippen LogP contribution is 2.21. The number of piperazine rings is 1. The molecular formula is C12H26N2. The van der Waals surface area contributed by atoms with E-state index >= 15 is 0 Å². The summed E-state index contributed by atoms with van der Waals surface area (Å²) in [6.45, 7) is 17.5. The minimum Gasteiger partial charge on any atom is -0.298 e. The molecule has 1 fully saturated rings. The van der Waals surface area contributed by atoms with Crippen LogP contribution in [0.4, 0.5) is 0 Å². The van der Waals surface area contributed by atoms with Crippen molar-refractivity contribution >= 4 is 0 Å². The van der Waals surface area contributed by atoms with E-state index in [9.17, 15) is 0 Å². The van der Waals surface area contributed by atoms with E-state index in [1.807, 2.05) is 0 Å². The second-order valence-corrected chi connectivity index (χ2v) is 5.80. The van der Waals surface area contributed by atoms with Crippen molar-refractivity contribution < 1.29 is 0 Å². The largest absolute Gasteiger partial charge is 0.298 e. The molecule has 1 saturated heterocycles. The Kier molecular flexibility index (Phi) is 3.59. The van der Waals surface area contributed by atoms with Gasteiger partial charge in [-0.25, -0.2) is 0 Å².